The Bertz CT molecular complexity index is 1250. The van der Waals surface area contributed by atoms with E-state index in [4.69, 9.17) is 14.9 Å². The first kappa shape index (κ1) is 33.8. The first-order chi connectivity index (χ1) is 19.9. The monoisotopic (exact) mass is 582 g/mol. The molecule has 1 aromatic heterocycles. The van der Waals surface area contributed by atoms with Crippen LogP contribution in [0, 0.1) is 19.8 Å². The van der Waals surface area contributed by atoms with Crippen molar-refractivity contribution in [1.82, 2.24) is 16.0 Å². The lowest BCUT2D eigenvalue weighted by atomic mass is 10.00. The van der Waals surface area contributed by atoms with Gasteiger partial charge in [-0.3, -0.25) is 19.2 Å². The Hall–Kier alpha value is -4.41. The maximum atomic E-state index is 13.6. The zero-order valence-corrected chi connectivity index (χ0v) is 24.9. The first-order valence-corrected chi connectivity index (χ1v) is 14.0. The summed E-state index contributed by atoms with van der Waals surface area (Å²) in [6.07, 6.45) is 3.19. The van der Waals surface area contributed by atoms with Crippen LogP contribution in [0.15, 0.2) is 53.0 Å². The second kappa shape index (κ2) is 16.8. The van der Waals surface area contributed by atoms with Gasteiger partial charge in [0.2, 0.25) is 17.7 Å². The van der Waals surface area contributed by atoms with Gasteiger partial charge in [-0.05, 0) is 51.2 Å². The van der Waals surface area contributed by atoms with Gasteiger partial charge in [0, 0.05) is 25.0 Å². The van der Waals surface area contributed by atoms with Crippen molar-refractivity contribution >= 4 is 29.6 Å². The molecular formula is C31H42N4O7. The second-order valence-electron chi connectivity index (χ2n) is 10.5. The number of hydrogen-bond donors (Lipinski definition) is 4. The molecule has 0 fully saturated rings. The van der Waals surface area contributed by atoms with Gasteiger partial charge in [-0.2, -0.15) is 0 Å². The molecule has 0 radical (unpaired) electrons. The van der Waals surface area contributed by atoms with Gasteiger partial charge in [-0.25, -0.2) is 4.79 Å². The number of amides is 4. The zero-order valence-electron chi connectivity index (χ0n) is 24.9. The van der Waals surface area contributed by atoms with Gasteiger partial charge in [0.1, 0.15) is 23.6 Å². The SMILES string of the molecule is CCOC(=O)/C=C/C(CCC(N)=O)NC(=O)C(Cc1ccccc1)NC(=O)C(CC(C)C)NC(=O)c1cc(C)oc1C. The second-order valence-corrected chi connectivity index (χ2v) is 10.5. The molecular weight excluding hydrogens is 540 g/mol. The maximum Gasteiger partial charge on any atom is 0.330 e. The van der Waals surface area contributed by atoms with E-state index in [2.05, 4.69) is 16.0 Å². The summed E-state index contributed by atoms with van der Waals surface area (Å²) >= 11 is 0. The smallest absolute Gasteiger partial charge is 0.330 e. The molecule has 5 N–H and O–H groups in total. The minimum absolute atomic E-state index is 0.0385. The summed E-state index contributed by atoms with van der Waals surface area (Å²) in [7, 11) is 0. The summed E-state index contributed by atoms with van der Waals surface area (Å²) in [4.78, 5) is 63.4. The molecule has 0 saturated carbocycles. The summed E-state index contributed by atoms with van der Waals surface area (Å²) in [5.74, 6) is -1.61. The van der Waals surface area contributed by atoms with Crippen LogP contribution in [0.25, 0.3) is 0 Å². The van der Waals surface area contributed by atoms with Gasteiger partial charge in [-0.15, -0.1) is 0 Å². The molecule has 0 spiro atoms. The highest BCUT2D eigenvalue weighted by atomic mass is 16.5. The number of carbonyl (C=O) groups is 5. The van der Waals surface area contributed by atoms with E-state index in [1.807, 2.05) is 44.2 Å². The van der Waals surface area contributed by atoms with Crippen molar-refractivity contribution in [3.05, 3.63) is 71.2 Å². The van der Waals surface area contributed by atoms with Crippen LogP contribution < -0.4 is 21.7 Å². The number of benzene rings is 1. The number of nitrogens with one attached hydrogen (secondary N) is 3. The number of ether oxygens (including phenoxy) is 1. The zero-order chi connectivity index (χ0) is 31.2. The lowest BCUT2D eigenvalue weighted by Gasteiger charge is -2.25. The highest BCUT2D eigenvalue weighted by molar-refractivity contribution is 5.99. The Morgan fingerprint density at radius 2 is 1.64 bits per heavy atom. The average molecular weight is 583 g/mol. The van der Waals surface area contributed by atoms with Crippen molar-refractivity contribution in [2.45, 2.75) is 78.4 Å². The topological polar surface area (TPSA) is 170 Å². The Morgan fingerprint density at radius 1 is 0.976 bits per heavy atom. The van der Waals surface area contributed by atoms with Crippen molar-refractivity contribution in [3.63, 3.8) is 0 Å². The van der Waals surface area contributed by atoms with Crippen LogP contribution in [0.1, 0.15) is 67.5 Å². The molecule has 2 rings (SSSR count). The molecule has 228 valence electrons. The van der Waals surface area contributed by atoms with E-state index < -0.39 is 47.7 Å². The lowest BCUT2D eigenvalue weighted by Crippen LogP contribution is -2.55. The summed E-state index contributed by atoms with van der Waals surface area (Å²) in [6, 6.07) is 8.06. The molecule has 3 atom stereocenters. The number of rotatable bonds is 16. The molecule has 11 nitrogen and oxygen atoms in total. The normalized spacial score (nSPS) is 13.3. The van der Waals surface area contributed by atoms with Crippen LogP contribution in [0.3, 0.4) is 0 Å². The summed E-state index contributed by atoms with van der Waals surface area (Å²) in [6.45, 7) is 9.10. The molecule has 2 aromatic rings. The average Bonchev–Trinajstić information content (AvgIpc) is 3.27. The lowest BCUT2D eigenvalue weighted by molar-refractivity contribution is -0.137. The van der Waals surface area contributed by atoms with Gasteiger partial charge in [-0.1, -0.05) is 50.3 Å². The third-order valence-electron chi connectivity index (χ3n) is 6.31. The Labute approximate surface area is 246 Å². The molecule has 0 aliphatic rings. The maximum absolute atomic E-state index is 13.6. The highest BCUT2D eigenvalue weighted by Crippen LogP contribution is 2.15. The number of furan rings is 1. The standard InChI is InChI=1S/C31H42N4O7/c1-6-41-28(37)15-13-23(12-14-27(32)36)33-30(39)26(18-22-10-8-7-9-11-22)35-31(40)25(16-19(2)3)34-29(38)24-17-20(4)42-21(24)5/h7-11,13,15,17,19,23,25-26H,6,12,14,16,18H2,1-5H3,(H2,32,36)(H,33,39)(H,34,38)(H,35,40)/b15-13+. The Morgan fingerprint density at radius 3 is 2.21 bits per heavy atom. The third kappa shape index (κ3) is 11.6. The van der Waals surface area contributed by atoms with Crippen molar-refractivity contribution < 1.29 is 33.1 Å². The fourth-order valence-electron chi connectivity index (χ4n) is 4.31. The Kier molecular flexibility index (Phi) is 13.5. The molecule has 4 amide bonds. The van der Waals surface area contributed by atoms with Crippen LogP contribution in [0.5, 0.6) is 0 Å². The molecule has 0 aliphatic carbocycles. The molecule has 0 saturated heterocycles. The van der Waals surface area contributed by atoms with Crippen LogP contribution in [0.2, 0.25) is 0 Å². The van der Waals surface area contributed by atoms with E-state index in [0.29, 0.717) is 23.5 Å². The predicted molar refractivity (Wildman–Crippen MR) is 157 cm³/mol. The van der Waals surface area contributed by atoms with E-state index in [1.54, 1.807) is 26.8 Å². The summed E-state index contributed by atoms with van der Waals surface area (Å²) in [5.41, 5.74) is 6.43. The van der Waals surface area contributed by atoms with Crippen LogP contribution in [-0.4, -0.2) is 54.3 Å². The largest absolute Gasteiger partial charge is 0.466 e. The van der Waals surface area contributed by atoms with Crippen LogP contribution in [0.4, 0.5) is 0 Å². The summed E-state index contributed by atoms with van der Waals surface area (Å²) < 4.78 is 10.4. The number of esters is 1. The molecule has 42 heavy (non-hydrogen) atoms. The fraction of sp³-hybridized carbons (Fsp3) is 0.452. The highest BCUT2D eigenvalue weighted by Gasteiger charge is 2.29. The first-order valence-electron chi connectivity index (χ1n) is 14.0. The molecule has 1 heterocycles. The number of nitrogens with two attached hydrogens (primary N) is 1. The number of hydrogen-bond acceptors (Lipinski definition) is 7. The third-order valence-corrected chi connectivity index (χ3v) is 6.31. The van der Waals surface area contributed by atoms with Gasteiger partial charge < -0.3 is 30.8 Å². The minimum atomic E-state index is -1.03. The van der Waals surface area contributed by atoms with Gasteiger partial charge >= 0.3 is 5.97 Å². The van der Waals surface area contributed by atoms with E-state index in [1.165, 1.54) is 12.2 Å². The van der Waals surface area contributed by atoms with Crippen molar-refractivity contribution in [1.29, 1.82) is 0 Å². The van der Waals surface area contributed by atoms with Crippen LogP contribution >= 0.6 is 0 Å². The van der Waals surface area contributed by atoms with Crippen molar-refractivity contribution in [2.75, 3.05) is 6.61 Å². The number of primary amides is 1. The number of carbonyl (C=O) groups excluding carboxylic acids is 5. The molecule has 3 unspecified atom stereocenters. The Balaban J connectivity index is 2.29. The van der Waals surface area contributed by atoms with E-state index in [0.717, 1.165) is 5.56 Å². The minimum Gasteiger partial charge on any atom is -0.466 e. The fourth-order valence-corrected chi connectivity index (χ4v) is 4.31. The van der Waals surface area contributed by atoms with E-state index in [9.17, 15) is 24.0 Å². The van der Waals surface area contributed by atoms with Crippen molar-refractivity contribution in [3.8, 4) is 0 Å². The van der Waals surface area contributed by atoms with E-state index >= 15 is 0 Å². The van der Waals surface area contributed by atoms with Gasteiger partial charge in [0.05, 0.1) is 12.2 Å². The van der Waals surface area contributed by atoms with Gasteiger partial charge in [0.15, 0.2) is 0 Å². The van der Waals surface area contributed by atoms with Crippen LogP contribution in [-0.2, 0) is 30.3 Å². The molecule has 0 aliphatic heterocycles. The van der Waals surface area contributed by atoms with Gasteiger partial charge in [0.25, 0.3) is 5.91 Å². The van der Waals surface area contributed by atoms with E-state index in [-0.39, 0.29) is 31.8 Å². The summed E-state index contributed by atoms with van der Waals surface area (Å²) in [5, 5.41) is 8.39. The predicted octanol–water partition coefficient (Wildman–Crippen LogP) is 2.64. The van der Waals surface area contributed by atoms with Crippen molar-refractivity contribution in [2.24, 2.45) is 11.7 Å². The molecule has 1 aromatic carbocycles. The number of aryl methyl sites for hydroxylation is 2. The quantitative estimate of drug-likeness (QED) is 0.174. The molecule has 11 heteroatoms. The molecule has 0 bridgehead atoms.